The quantitative estimate of drug-likeness (QED) is 0.507. The van der Waals surface area contributed by atoms with Crippen LogP contribution in [0.4, 0.5) is 8.78 Å². The minimum atomic E-state index is -2.58. The van der Waals surface area contributed by atoms with Gasteiger partial charge in [0.1, 0.15) is 0 Å². The first kappa shape index (κ1) is 5.44. The Bertz CT molecular complexity index is 89.1. The van der Waals surface area contributed by atoms with Crippen LogP contribution in [-0.4, -0.2) is 4.59 Å². The second kappa shape index (κ2) is 1.67. The van der Waals surface area contributed by atoms with E-state index < -0.39 is 4.59 Å². The fourth-order valence-electron chi connectivity index (χ4n) is 0.242. The average molecular weight is 140 g/mol. The Hall–Kier alpha value is 0.300. The standard InChI is InChI=1S/C3H2F2S2/c4-3(5)6-1-2-7-3/h1-2H. The van der Waals surface area contributed by atoms with Crippen molar-refractivity contribution in [1.82, 2.24) is 0 Å². The van der Waals surface area contributed by atoms with E-state index in [1.807, 2.05) is 0 Å². The van der Waals surface area contributed by atoms with Gasteiger partial charge in [-0.15, -0.1) is 0 Å². The van der Waals surface area contributed by atoms with Crippen LogP contribution in [0, 0.1) is 0 Å². The molecule has 0 fully saturated rings. The molecule has 0 unspecified atom stereocenters. The van der Waals surface area contributed by atoms with Gasteiger partial charge in [0.25, 0.3) is 0 Å². The lowest BCUT2D eigenvalue weighted by atomic mass is 11.3. The molecule has 0 atom stereocenters. The van der Waals surface area contributed by atoms with E-state index >= 15 is 0 Å². The van der Waals surface area contributed by atoms with Crippen LogP contribution in [-0.2, 0) is 0 Å². The third kappa shape index (κ3) is 1.35. The van der Waals surface area contributed by atoms with E-state index in [0.29, 0.717) is 23.5 Å². The van der Waals surface area contributed by atoms with Gasteiger partial charge >= 0.3 is 4.59 Å². The van der Waals surface area contributed by atoms with Gasteiger partial charge < -0.3 is 0 Å². The van der Waals surface area contributed by atoms with E-state index in [4.69, 9.17) is 0 Å². The average Bonchev–Trinajstić information content (AvgIpc) is 1.84. The number of alkyl halides is 2. The Morgan fingerprint density at radius 2 is 1.57 bits per heavy atom. The minimum Gasteiger partial charge on any atom is -0.182 e. The lowest BCUT2D eigenvalue weighted by molar-refractivity contribution is 0.215. The lowest BCUT2D eigenvalue weighted by Gasteiger charge is -2.00. The molecule has 1 heterocycles. The summed E-state index contributed by atoms with van der Waals surface area (Å²) in [6.45, 7) is 0. The summed E-state index contributed by atoms with van der Waals surface area (Å²) in [6, 6.07) is 0. The van der Waals surface area contributed by atoms with E-state index in [2.05, 4.69) is 0 Å². The first-order valence-electron chi connectivity index (χ1n) is 1.59. The van der Waals surface area contributed by atoms with Gasteiger partial charge in [0, 0.05) is 0 Å². The SMILES string of the molecule is FC1(F)SC=CS1. The van der Waals surface area contributed by atoms with Gasteiger partial charge in [-0.2, -0.15) is 8.78 Å². The zero-order valence-electron chi connectivity index (χ0n) is 3.23. The van der Waals surface area contributed by atoms with Crippen molar-refractivity contribution in [2.45, 2.75) is 4.59 Å². The molecule has 4 heteroatoms. The highest BCUT2D eigenvalue weighted by Gasteiger charge is 2.31. The molecular formula is C3H2F2S2. The second-order valence-electron chi connectivity index (χ2n) is 0.971. The van der Waals surface area contributed by atoms with Gasteiger partial charge in [0.05, 0.1) is 0 Å². The molecule has 1 aliphatic rings. The summed E-state index contributed by atoms with van der Waals surface area (Å²) in [5.41, 5.74) is 0. The van der Waals surface area contributed by atoms with Gasteiger partial charge in [-0.3, -0.25) is 0 Å². The summed E-state index contributed by atoms with van der Waals surface area (Å²) < 4.78 is 21.0. The first-order chi connectivity index (χ1) is 3.21. The van der Waals surface area contributed by atoms with Crippen LogP contribution in [0.3, 0.4) is 0 Å². The largest absolute Gasteiger partial charge is 0.349 e. The van der Waals surface area contributed by atoms with E-state index in [0.717, 1.165) is 0 Å². The molecule has 0 spiro atoms. The summed E-state index contributed by atoms with van der Waals surface area (Å²) in [5.74, 6) is 0. The molecule has 0 bridgehead atoms. The van der Waals surface area contributed by atoms with Crippen molar-refractivity contribution < 1.29 is 8.78 Å². The molecule has 0 aromatic carbocycles. The number of rotatable bonds is 0. The molecule has 1 rings (SSSR count). The van der Waals surface area contributed by atoms with Gasteiger partial charge in [-0.25, -0.2) is 0 Å². The van der Waals surface area contributed by atoms with Crippen LogP contribution in [0.2, 0.25) is 0 Å². The first-order valence-corrected chi connectivity index (χ1v) is 3.35. The molecular weight excluding hydrogens is 138 g/mol. The lowest BCUT2D eigenvalue weighted by Crippen LogP contribution is -1.94. The number of hydrogen-bond donors (Lipinski definition) is 0. The highest BCUT2D eigenvalue weighted by Crippen LogP contribution is 2.46. The summed E-state index contributed by atoms with van der Waals surface area (Å²) in [6.07, 6.45) is 0. The summed E-state index contributed by atoms with van der Waals surface area (Å²) in [4.78, 5) is 0. The van der Waals surface area contributed by atoms with Crippen molar-refractivity contribution in [3.63, 3.8) is 0 Å². The van der Waals surface area contributed by atoms with E-state index in [1.165, 1.54) is 10.8 Å². The molecule has 0 radical (unpaired) electrons. The topological polar surface area (TPSA) is 0 Å². The maximum Gasteiger partial charge on any atom is 0.349 e. The Labute approximate surface area is 48.4 Å². The van der Waals surface area contributed by atoms with Crippen LogP contribution in [0.25, 0.3) is 0 Å². The van der Waals surface area contributed by atoms with Crippen molar-refractivity contribution in [2.75, 3.05) is 0 Å². The Morgan fingerprint density at radius 1 is 1.14 bits per heavy atom. The second-order valence-corrected chi connectivity index (χ2v) is 3.27. The predicted molar refractivity (Wildman–Crippen MR) is 29.3 cm³/mol. The van der Waals surface area contributed by atoms with Crippen LogP contribution >= 0.6 is 23.5 Å². The van der Waals surface area contributed by atoms with Gasteiger partial charge in [0.2, 0.25) is 0 Å². The van der Waals surface area contributed by atoms with Crippen molar-refractivity contribution in [3.05, 3.63) is 10.8 Å². The molecule has 0 N–H and O–H groups in total. The normalized spacial score (nSPS) is 26.0. The highest BCUT2D eigenvalue weighted by molar-refractivity contribution is 8.23. The van der Waals surface area contributed by atoms with Crippen molar-refractivity contribution >= 4 is 23.5 Å². The number of hydrogen-bond acceptors (Lipinski definition) is 2. The maximum atomic E-state index is 11.8. The molecule has 0 aromatic heterocycles. The van der Waals surface area contributed by atoms with Crippen molar-refractivity contribution in [3.8, 4) is 0 Å². The monoisotopic (exact) mass is 140 g/mol. The van der Waals surface area contributed by atoms with Crippen LogP contribution < -0.4 is 0 Å². The summed E-state index contributed by atoms with van der Waals surface area (Å²) in [7, 11) is 0. The van der Waals surface area contributed by atoms with E-state index in [-0.39, 0.29) is 0 Å². The molecule has 0 amide bonds. The zero-order chi connectivity index (χ0) is 5.33. The molecule has 7 heavy (non-hydrogen) atoms. The fourth-order valence-corrected chi connectivity index (χ4v) is 1.56. The van der Waals surface area contributed by atoms with Crippen LogP contribution in [0.15, 0.2) is 10.8 Å². The summed E-state index contributed by atoms with van der Waals surface area (Å²) in [5, 5.41) is 2.79. The fraction of sp³-hybridized carbons (Fsp3) is 0.333. The van der Waals surface area contributed by atoms with Crippen LogP contribution in [0.1, 0.15) is 0 Å². The molecule has 40 valence electrons. The van der Waals surface area contributed by atoms with Crippen molar-refractivity contribution in [1.29, 1.82) is 0 Å². The Morgan fingerprint density at radius 3 is 1.71 bits per heavy atom. The molecule has 0 nitrogen and oxygen atoms in total. The van der Waals surface area contributed by atoms with Crippen LogP contribution in [0.5, 0.6) is 0 Å². The smallest absolute Gasteiger partial charge is 0.182 e. The van der Waals surface area contributed by atoms with Crippen molar-refractivity contribution in [2.24, 2.45) is 0 Å². The summed E-state index contributed by atoms with van der Waals surface area (Å²) >= 11 is 1.10. The molecule has 0 saturated carbocycles. The predicted octanol–water partition coefficient (Wildman–Crippen LogP) is 2.49. The number of halogens is 2. The van der Waals surface area contributed by atoms with Gasteiger partial charge in [-0.05, 0) is 34.3 Å². The highest BCUT2D eigenvalue weighted by atomic mass is 32.2. The zero-order valence-corrected chi connectivity index (χ0v) is 4.86. The molecule has 1 aliphatic heterocycles. The molecule has 0 saturated heterocycles. The minimum absolute atomic E-state index is 0.549. The Kier molecular flexibility index (Phi) is 1.30. The van der Waals surface area contributed by atoms with E-state index in [1.54, 1.807) is 0 Å². The molecule has 0 aliphatic carbocycles. The van der Waals surface area contributed by atoms with Gasteiger partial charge in [-0.1, -0.05) is 0 Å². The molecule has 0 aromatic rings. The third-order valence-electron chi connectivity index (χ3n) is 0.466. The maximum absolute atomic E-state index is 11.8. The Balaban J connectivity index is 2.49. The number of thioether (sulfide) groups is 2. The van der Waals surface area contributed by atoms with Gasteiger partial charge in [0.15, 0.2) is 0 Å². The van der Waals surface area contributed by atoms with E-state index in [9.17, 15) is 8.78 Å². The third-order valence-corrected chi connectivity index (χ3v) is 2.31.